The topological polar surface area (TPSA) is 93.8 Å². The molecule has 2 aromatic rings. The highest BCUT2D eigenvalue weighted by atomic mass is 16.5. The minimum absolute atomic E-state index is 0.507. The third kappa shape index (κ3) is 3.36. The molecule has 0 fully saturated rings. The largest absolute Gasteiger partial charge is 0.493 e. The molecule has 0 unspecified atom stereocenters. The van der Waals surface area contributed by atoms with Gasteiger partial charge in [-0.1, -0.05) is 30.3 Å². The number of benzene rings is 2. The van der Waals surface area contributed by atoms with Gasteiger partial charge < -0.3 is 10.5 Å². The Morgan fingerprint density at radius 3 is 2.76 bits per heavy atom. The van der Waals surface area contributed by atoms with Gasteiger partial charge in [0, 0.05) is 5.56 Å². The zero-order valence-corrected chi connectivity index (χ0v) is 11.5. The van der Waals surface area contributed by atoms with Crippen LogP contribution in [0.1, 0.15) is 12.5 Å². The number of rotatable bonds is 4. The van der Waals surface area contributed by atoms with E-state index in [0.29, 0.717) is 12.4 Å². The predicted molar refractivity (Wildman–Crippen MR) is 80.0 cm³/mol. The van der Waals surface area contributed by atoms with Gasteiger partial charge in [-0.25, -0.2) is 5.43 Å². The van der Waals surface area contributed by atoms with Gasteiger partial charge in [0.1, 0.15) is 5.75 Å². The fraction of sp³-hybridized carbons (Fsp3) is 0.133. The lowest BCUT2D eigenvalue weighted by Crippen LogP contribution is -2.32. The average Bonchev–Trinajstić information content (AvgIpc) is 2.49. The number of nitrogens with zero attached hydrogens (tertiary/aromatic N) is 1. The number of nitrogens with two attached hydrogens (primary N) is 1. The lowest BCUT2D eigenvalue weighted by molar-refractivity contribution is -0.137. The number of ether oxygens (including phenoxy) is 1. The van der Waals surface area contributed by atoms with E-state index in [1.807, 2.05) is 43.3 Å². The Balaban J connectivity index is 2.39. The van der Waals surface area contributed by atoms with Crippen LogP contribution in [0.4, 0.5) is 0 Å². The highest BCUT2D eigenvalue weighted by molar-refractivity contribution is 6.34. The molecule has 0 atom stereocenters. The third-order valence-electron chi connectivity index (χ3n) is 2.81. The Labute approximate surface area is 121 Å². The molecule has 0 radical (unpaired) electrons. The molecule has 0 saturated heterocycles. The zero-order chi connectivity index (χ0) is 15.2. The molecule has 0 aliphatic carbocycles. The Morgan fingerprint density at radius 2 is 2.05 bits per heavy atom. The second-order valence-corrected chi connectivity index (χ2v) is 4.19. The quantitative estimate of drug-likeness (QED) is 0.501. The summed E-state index contributed by atoms with van der Waals surface area (Å²) in [7, 11) is 0. The van der Waals surface area contributed by atoms with Crippen molar-refractivity contribution in [2.24, 2.45) is 10.8 Å². The molecular formula is C15H15N3O3. The second-order valence-electron chi connectivity index (χ2n) is 4.19. The van der Waals surface area contributed by atoms with E-state index < -0.39 is 11.8 Å². The average molecular weight is 285 g/mol. The van der Waals surface area contributed by atoms with Gasteiger partial charge >= 0.3 is 11.8 Å². The number of amides is 2. The molecule has 0 saturated carbocycles. The molecule has 21 heavy (non-hydrogen) atoms. The van der Waals surface area contributed by atoms with Crippen molar-refractivity contribution in [1.82, 2.24) is 5.43 Å². The molecule has 0 bridgehead atoms. The van der Waals surface area contributed by atoms with Crippen LogP contribution in [-0.4, -0.2) is 24.6 Å². The van der Waals surface area contributed by atoms with Crippen LogP contribution in [0, 0.1) is 0 Å². The Bertz CT molecular complexity index is 710. The first-order valence-corrected chi connectivity index (χ1v) is 6.41. The molecule has 2 aromatic carbocycles. The highest BCUT2D eigenvalue weighted by Gasteiger charge is 2.08. The summed E-state index contributed by atoms with van der Waals surface area (Å²) in [5.74, 6) is -1.41. The summed E-state index contributed by atoms with van der Waals surface area (Å²) >= 11 is 0. The Kier molecular flexibility index (Phi) is 4.50. The molecule has 0 aromatic heterocycles. The van der Waals surface area contributed by atoms with Crippen LogP contribution < -0.4 is 15.9 Å². The molecule has 6 heteroatoms. The zero-order valence-electron chi connectivity index (χ0n) is 11.5. The van der Waals surface area contributed by atoms with E-state index in [2.05, 4.69) is 10.5 Å². The van der Waals surface area contributed by atoms with Crippen molar-refractivity contribution in [2.75, 3.05) is 6.61 Å². The minimum atomic E-state index is -1.09. The van der Waals surface area contributed by atoms with Gasteiger partial charge in [-0.2, -0.15) is 5.10 Å². The van der Waals surface area contributed by atoms with E-state index in [4.69, 9.17) is 10.5 Å². The fourth-order valence-electron chi connectivity index (χ4n) is 1.90. The van der Waals surface area contributed by atoms with Crippen LogP contribution >= 0.6 is 0 Å². The van der Waals surface area contributed by atoms with Crippen molar-refractivity contribution in [3.8, 4) is 5.75 Å². The summed E-state index contributed by atoms with van der Waals surface area (Å²) in [6.07, 6.45) is 1.44. The van der Waals surface area contributed by atoms with Gasteiger partial charge in [0.25, 0.3) is 0 Å². The molecule has 2 rings (SSSR count). The number of hydrogen-bond acceptors (Lipinski definition) is 4. The summed E-state index contributed by atoms with van der Waals surface area (Å²) in [6, 6.07) is 11.5. The van der Waals surface area contributed by atoms with Gasteiger partial charge in [-0.15, -0.1) is 0 Å². The van der Waals surface area contributed by atoms with Gasteiger partial charge in [-0.05, 0) is 23.8 Å². The van der Waals surface area contributed by atoms with E-state index in [-0.39, 0.29) is 0 Å². The highest BCUT2D eigenvalue weighted by Crippen LogP contribution is 2.26. The van der Waals surface area contributed by atoms with Crippen LogP contribution in [0.3, 0.4) is 0 Å². The maximum atomic E-state index is 11.1. The number of carbonyl (C=O) groups is 2. The first kappa shape index (κ1) is 14.5. The molecular weight excluding hydrogens is 270 g/mol. The van der Waals surface area contributed by atoms with Gasteiger partial charge in [-0.3, -0.25) is 9.59 Å². The third-order valence-corrected chi connectivity index (χ3v) is 2.81. The van der Waals surface area contributed by atoms with Gasteiger partial charge in [0.15, 0.2) is 0 Å². The van der Waals surface area contributed by atoms with E-state index in [9.17, 15) is 9.59 Å². The molecule has 0 spiro atoms. The normalized spacial score (nSPS) is 10.7. The van der Waals surface area contributed by atoms with Crippen molar-refractivity contribution in [3.05, 3.63) is 42.0 Å². The maximum absolute atomic E-state index is 11.1. The van der Waals surface area contributed by atoms with Crippen molar-refractivity contribution in [2.45, 2.75) is 6.92 Å². The van der Waals surface area contributed by atoms with Crippen molar-refractivity contribution in [3.63, 3.8) is 0 Å². The summed E-state index contributed by atoms with van der Waals surface area (Å²) in [4.78, 5) is 21.7. The standard InChI is InChI=1S/C15H15N3O3/c1-2-21-13-8-7-10-5-3-4-6-11(10)12(13)9-17-18-15(20)14(16)19/h3-9H,2H2,1H3,(H2,16,19)(H,18,20)/b17-9-. The Morgan fingerprint density at radius 1 is 1.29 bits per heavy atom. The number of hydrazone groups is 1. The molecule has 6 nitrogen and oxygen atoms in total. The van der Waals surface area contributed by atoms with E-state index >= 15 is 0 Å². The van der Waals surface area contributed by atoms with Crippen LogP contribution in [-0.2, 0) is 9.59 Å². The van der Waals surface area contributed by atoms with Crippen LogP contribution in [0.25, 0.3) is 10.8 Å². The molecule has 0 heterocycles. The lowest BCUT2D eigenvalue weighted by Gasteiger charge is -2.10. The first-order valence-electron chi connectivity index (χ1n) is 6.41. The summed E-state index contributed by atoms with van der Waals surface area (Å²) in [6.45, 7) is 2.39. The molecule has 3 N–H and O–H groups in total. The molecule has 108 valence electrons. The number of primary amides is 1. The number of fused-ring (bicyclic) bond motifs is 1. The van der Waals surface area contributed by atoms with E-state index in [0.717, 1.165) is 16.3 Å². The van der Waals surface area contributed by atoms with Crippen LogP contribution in [0.2, 0.25) is 0 Å². The van der Waals surface area contributed by atoms with E-state index in [1.165, 1.54) is 6.21 Å². The second kappa shape index (κ2) is 6.51. The number of nitrogens with one attached hydrogen (secondary N) is 1. The summed E-state index contributed by atoms with van der Waals surface area (Å²) < 4.78 is 5.55. The van der Waals surface area contributed by atoms with Crippen molar-refractivity contribution >= 4 is 28.8 Å². The molecule has 2 amide bonds. The first-order chi connectivity index (χ1) is 10.1. The minimum Gasteiger partial charge on any atom is -0.493 e. The van der Waals surface area contributed by atoms with E-state index in [1.54, 1.807) is 0 Å². The van der Waals surface area contributed by atoms with Crippen LogP contribution in [0.15, 0.2) is 41.5 Å². The predicted octanol–water partition coefficient (Wildman–Crippen LogP) is 1.17. The van der Waals surface area contributed by atoms with Gasteiger partial charge in [0.2, 0.25) is 0 Å². The fourth-order valence-corrected chi connectivity index (χ4v) is 1.90. The maximum Gasteiger partial charge on any atom is 0.329 e. The van der Waals surface area contributed by atoms with Crippen molar-refractivity contribution in [1.29, 1.82) is 0 Å². The van der Waals surface area contributed by atoms with Crippen LogP contribution in [0.5, 0.6) is 5.75 Å². The monoisotopic (exact) mass is 285 g/mol. The lowest BCUT2D eigenvalue weighted by atomic mass is 10.0. The smallest absolute Gasteiger partial charge is 0.329 e. The van der Waals surface area contributed by atoms with Gasteiger partial charge in [0.05, 0.1) is 12.8 Å². The molecule has 0 aliphatic rings. The summed E-state index contributed by atoms with van der Waals surface area (Å²) in [5, 5.41) is 5.70. The SMILES string of the molecule is CCOc1ccc2ccccc2c1/C=N\NC(=O)C(N)=O. The number of hydrogen-bond donors (Lipinski definition) is 2. The Hall–Kier alpha value is -2.89. The molecule has 0 aliphatic heterocycles. The number of carbonyl (C=O) groups excluding carboxylic acids is 2. The summed E-state index contributed by atoms with van der Waals surface area (Å²) in [5.41, 5.74) is 7.62. The van der Waals surface area contributed by atoms with Crippen molar-refractivity contribution < 1.29 is 14.3 Å².